The molecule has 25 heavy (non-hydrogen) atoms. The Hall–Kier alpha value is -3.34. The molecule has 5 nitrogen and oxygen atoms in total. The molecule has 0 fully saturated rings. The fourth-order valence-electron chi connectivity index (χ4n) is 2.91. The van der Waals surface area contributed by atoms with E-state index in [0.717, 1.165) is 34.4 Å². The fraction of sp³-hybridized carbons (Fsp3) is 0.100. The summed E-state index contributed by atoms with van der Waals surface area (Å²) in [6, 6.07) is 18.2. The van der Waals surface area contributed by atoms with Crippen molar-refractivity contribution in [3.63, 3.8) is 0 Å². The number of nitrogens with one attached hydrogen (secondary N) is 2. The van der Waals surface area contributed by atoms with Crippen molar-refractivity contribution >= 4 is 16.7 Å². The number of aryl methyl sites for hydroxylation is 1. The molecular formula is C20H18N4O. The monoisotopic (exact) mass is 330 g/mol. The maximum Gasteiger partial charge on any atom is 0.326 e. The van der Waals surface area contributed by atoms with Crippen molar-refractivity contribution in [1.82, 2.24) is 14.5 Å². The summed E-state index contributed by atoms with van der Waals surface area (Å²) in [7, 11) is 1.76. The van der Waals surface area contributed by atoms with E-state index in [1.165, 1.54) is 5.56 Å². The fourth-order valence-corrected chi connectivity index (χ4v) is 2.91. The van der Waals surface area contributed by atoms with Gasteiger partial charge < -0.3 is 10.3 Å². The predicted octanol–water partition coefficient (Wildman–Crippen LogP) is 3.54. The molecule has 2 heterocycles. The van der Waals surface area contributed by atoms with Crippen LogP contribution in [0.2, 0.25) is 0 Å². The van der Waals surface area contributed by atoms with Crippen molar-refractivity contribution < 1.29 is 0 Å². The van der Waals surface area contributed by atoms with E-state index in [1.54, 1.807) is 11.6 Å². The summed E-state index contributed by atoms with van der Waals surface area (Å²) in [5.41, 5.74) is 5.81. The van der Waals surface area contributed by atoms with Crippen LogP contribution in [0.4, 0.5) is 5.69 Å². The predicted molar refractivity (Wildman–Crippen MR) is 101 cm³/mol. The summed E-state index contributed by atoms with van der Waals surface area (Å²) >= 11 is 0. The number of aromatic nitrogens is 3. The lowest BCUT2D eigenvalue weighted by atomic mass is 10.1. The van der Waals surface area contributed by atoms with Gasteiger partial charge in [-0.2, -0.15) is 0 Å². The van der Waals surface area contributed by atoms with Crippen LogP contribution in [0.3, 0.4) is 0 Å². The number of nitrogens with zero attached hydrogens (tertiary/aromatic N) is 2. The molecule has 0 aliphatic heterocycles. The molecule has 5 heteroatoms. The number of fused-ring (bicyclic) bond motifs is 1. The van der Waals surface area contributed by atoms with Crippen molar-refractivity contribution in [2.45, 2.75) is 6.54 Å². The van der Waals surface area contributed by atoms with Crippen LogP contribution in [-0.4, -0.2) is 14.5 Å². The Morgan fingerprint density at radius 2 is 1.88 bits per heavy atom. The highest BCUT2D eigenvalue weighted by Gasteiger charge is 2.06. The molecule has 0 saturated heterocycles. The number of hydrogen-bond acceptors (Lipinski definition) is 3. The minimum absolute atomic E-state index is 0.108. The summed E-state index contributed by atoms with van der Waals surface area (Å²) in [5, 5.41) is 3.40. The van der Waals surface area contributed by atoms with Crippen molar-refractivity contribution in [3.8, 4) is 11.1 Å². The van der Waals surface area contributed by atoms with E-state index < -0.39 is 0 Å². The van der Waals surface area contributed by atoms with Crippen LogP contribution in [0.5, 0.6) is 0 Å². The highest BCUT2D eigenvalue weighted by Crippen LogP contribution is 2.24. The van der Waals surface area contributed by atoms with Crippen LogP contribution < -0.4 is 11.0 Å². The van der Waals surface area contributed by atoms with E-state index in [2.05, 4.69) is 33.5 Å². The Labute approximate surface area is 145 Å². The Kier molecular flexibility index (Phi) is 3.82. The summed E-state index contributed by atoms with van der Waals surface area (Å²) in [6.45, 7) is 0.747. The molecule has 2 aromatic heterocycles. The molecular weight excluding hydrogens is 312 g/mol. The van der Waals surface area contributed by atoms with E-state index in [4.69, 9.17) is 0 Å². The number of aromatic amines is 1. The second-order valence-corrected chi connectivity index (χ2v) is 6.02. The van der Waals surface area contributed by atoms with Gasteiger partial charge >= 0.3 is 5.69 Å². The van der Waals surface area contributed by atoms with Crippen LogP contribution in [0.15, 0.2) is 71.8 Å². The maximum absolute atomic E-state index is 11.7. The first-order valence-corrected chi connectivity index (χ1v) is 8.13. The standard InChI is InChI=1S/C20H18N4O/c1-24-19-8-7-15(10-18(19)23-20(24)25)16-9-17(13-21-12-16)22-11-14-5-3-2-4-6-14/h2-10,12-13,22H,11H2,1H3,(H,23,25). The lowest BCUT2D eigenvalue weighted by Gasteiger charge is -2.08. The van der Waals surface area contributed by atoms with Gasteiger partial charge in [-0.15, -0.1) is 0 Å². The second kappa shape index (κ2) is 6.28. The Morgan fingerprint density at radius 3 is 2.72 bits per heavy atom. The minimum atomic E-state index is -0.108. The first-order chi connectivity index (χ1) is 12.2. The maximum atomic E-state index is 11.7. The zero-order valence-corrected chi connectivity index (χ0v) is 13.9. The summed E-state index contributed by atoms with van der Waals surface area (Å²) < 4.78 is 1.61. The Morgan fingerprint density at radius 1 is 1.04 bits per heavy atom. The number of benzene rings is 2. The lowest BCUT2D eigenvalue weighted by molar-refractivity contribution is 0.891. The third-order valence-electron chi connectivity index (χ3n) is 4.32. The molecule has 0 amide bonds. The molecule has 0 saturated carbocycles. The number of pyridine rings is 1. The molecule has 2 aromatic carbocycles. The van der Waals surface area contributed by atoms with Crippen molar-refractivity contribution in [3.05, 3.63) is 83.0 Å². The molecule has 0 spiro atoms. The molecule has 0 bridgehead atoms. The van der Waals surface area contributed by atoms with E-state index in [1.807, 2.05) is 48.8 Å². The summed E-state index contributed by atoms with van der Waals surface area (Å²) in [6.07, 6.45) is 3.64. The third kappa shape index (κ3) is 3.04. The third-order valence-corrected chi connectivity index (χ3v) is 4.32. The molecule has 0 aliphatic carbocycles. The second-order valence-electron chi connectivity index (χ2n) is 6.02. The topological polar surface area (TPSA) is 62.7 Å². The highest BCUT2D eigenvalue weighted by atomic mass is 16.1. The average molecular weight is 330 g/mol. The summed E-state index contributed by atoms with van der Waals surface area (Å²) in [5.74, 6) is 0. The van der Waals surface area contributed by atoms with Gasteiger partial charge in [0, 0.05) is 31.5 Å². The van der Waals surface area contributed by atoms with Crippen molar-refractivity contribution in [1.29, 1.82) is 0 Å². The molecule has 4 aromatic rings. The molecule has 0 unspecified atom stereocenters. The molecule has 0 radical (unpaired) electrons. The number of rotatable bonds is 4. The van der Waals surface area contributed by atoms with Crippen LogP contribution in [0, 0.1) is 0 Å². The lowest BCUT2D eigenvalue weighted by Crippen LogP contribution is -2.11. The zero-order chi connectivity index (χ0) is 17.2. The molecule has 4 rings (SSSR count). The van der Waals surface area contributed by atoms with Crippen LogP contribution in [0.25, 0.3) is 22.2 Å². The zero-order valence-electron chi connectivity index (χ0n) is 13.9. The van der Waals surface area contributed by atoms with Gasteiger partial charge in [-0.1, -0.05) is 36.4 Å². The quantitative estimate of drug-likeness (QED) is 0.601. The van der Waals surface area contributed by atoms with Gasteiger partial charge in [0.05, 0.1) is 16.7 Å². The smallest absolute Gasteiger partial charge is 0.326 e. The minimum Gasteiger partial charge on any atom is -0.380 e. The Bertz CT molecular complexity index is 1080. The largest absolute Gasteiger partial charge is 0.380 e. The number of H-pyrrole nitrogens is 1. The van der Waals surface area contributed by atoms with Crippen molar-refractivity contribution in [2.75, 3.05) is 5.32 Å². The van der Waals surface area contributed by atoms with Crippen LogP contribution in [-0.2, 0) is 13.6 Å². The van der Waals surface area contributed by atoms with Crippen LogP contribution in [0.1, 0.15) is 5.56 Å². The molecule has 0 atom stereocenters. The van der Waals surface area contributed by atoms with Crippen molar-refractivity contribution in [2.24, 2.45) is 7.05 Å². The molecule has 0 aliphatic rings. The van der Waals surface area contributed by atoms with Gasteiger partial charge in [0.1, 0.15) is 0 Å². The van der Waals surface area contributed by atoms with E-state index in [9.17, 15) is 4.79 Å². The number of anilines is 1. The van der Waals surface area contributed by atoms with Gasteiger partial charge in [-0.25, -0.2) is 4.79 Å². The highest BCUT2D eigenvalue weighted by molar-refractivity contribution is 5.82. The first-order valence-electron chi connectivity index (χ1n) is 8.13. The van der Waals surface area contributed by atoms with Gasteiger partial charge in [0.15, 0.2) is 0 Å². The summed E-state index contributed by atoms with van der Waals surface area (Å²) in [4.78, 5) is 19.0. The van der Waals surface area contributed by atoms with E-state index >= 15 is 0 Å². The first kappa shape index (κ1) is 15.2. The number of imidazole rings is 1. The van der Waals surface area contributed by atoms with Gasteiger partial charge in [0.2, 0.25) is 0 Å². The molecule has 2 N–H and O–H groups in total. The van der Waals surface area contributed by atoms with E-state index in [-0.39, 0.29) is 5.69 Å². The van der Waals surface area contributed by atoms with Gasteiger partial charge in [0.25, 0.3) is 0 Å². The van der Waals surface area contributed by atoms with Crippen LogP contribution >= 0.6 is 0 Å². The van der Waals surface area contributed by atoms with Gasteiger partial charge in [-0.3, -0.25) is 9.55 Å². The number of hydrogen-bond donors (Lipinski definition) is 2. The Balaban J connectivity index is 1.61. The van der Waals surface area contributed by atoms with E-state index in [0.29, 0.717) is 0 Å². The normalized spacial score (nSPS) is 10.9. The van der Waals surface area contributed by atoms with Gasteiger partial charge in [-0.05, 0) is 29.3 Å². The SMILES string of the molecule is Cn1c(=O)[nH]c2cc(-c3cncc(NCc4ccccc4)c3)ccc21. The molecule has 124 valence electrons. The average Bonchev–Trinajstić information content (AvgIpc) is 2.95.